The molecule has 0 saturated carbocycles. The Morgan fingerprint density at radius 3 is 2.12 bits per heavy atom. The van der Waals surface area contributed by atoms with E-state index in [9.17, 15) is 8.42 Å². The number of methoxy groups -OCH3 is 2. The molecule has 2 rings (SSSR count). The quantitative estimate of drug-likeness (QED) is 0.657. The van der Waals surface area contributed by atoms with Crippen LogP contribution in [0.15, 0.2) is 45.7 Å². The van der Waals surface area contributed by atoms with Crippen molar-refractivity contribution in [3.63, 3.8) is 0 Å². The van der Waals surface area contributed by atoms with Crippen LogP contribution in [0, 0.1) is 6.92 Å². The van der Waals surface area contributed by atoms with Crippen LogP contribution in [0.25, 0.3) is 0 Å². The molecule has 0 heterocycles. The molecule has 0 aliphatic rings. The Bertz CT molecular complexity index is 848. The largest absolute Gasteiger partial charge is 0.493 e. The molecule has 140 valence electrons. The van der Waals surface area contributed by atoms with E-state index in [1.807, 2.05) is 13.8 Å². The van der Waals surface area contributed by atoms with Crippen molar-refractivity contribution < 1.29 is 22.6 Å². The highest BCUT2D eigenvalue weighted by atomic mass is 32.2. The number of rotatable bonds is 8. The van der Waals surface area contributed by atoms with Crippen molar-refractivity contribution in [3.05, 3.63) is 47.5 Å². The van der Waals surface area contributed by atoms with Crippen molar-refractivity contribution in [1.82, 2.24) is 0 Å². The van der Waals surface area contributed by atoms with Gasteiger partial charge in [-0.05, 0) is 37.6 Å². The average Bonchev–Trinajstić information content (AvgIpc) is 2.64. The second-order valence-electron chi connectivity index (χ2n) is 5.63. The first-order valence-electron chi connectivity index (χ1n) is 8.17. The number of sulfonamides is 1. The lowest BCUT2D eigenvalue weighted by atomic mass is 10.2. The summed E-state index contributed by atoms with van der Waals surface area (Å²) in [6.07, 6.45) is 2.11. The van der Waals surface area contributed by atoms with Crippen molar-refractivity contribution in [1.29, 1.82) is 0 Å². The van der Waals surface area contributed by atoms with E-state index in [4.69, 9.17) is 14.2 Å². The Morgan fingerprint density at radius 2 is 1.62 bits per heavy atom. The third kappa shape index (κ3) is 4.76. The lowest BCUT2D eigenvalue weighted by molar-refractivity contribution is 0.275. The molecule has 0 saturated heterocycles. The first-order valence-corrected chi connectivity index (χ1v) is 9.61. The van der Waals surface area contributed by atoms with E-state index in [0.717, 1.165) is 12.0 Å². The number of aryl methyl sites for hydroxylation is 1. The van der Waals surface area contributed by atoms with Gasteiger partial charge in [-0.1, -0.05) is 24.6 Å². The predicted octanol–water partition coefficient (Wildman–Crippen LogP) is 3.61. The summed E-state index contributed by atoms with van der Waals surface area (Å²) >= 11 is 0. The molecule has 6 nitrogen and oxygen atoms in total. The fourth-order valence-electron chi connectivity index (χ4n) is 2.22. The zero-order chi connectivity index (χ0) is 19.2. The molecule has 0 aromatic heterocycles. The normalized spacial score (nSPS) is 11.5. The van der Waals surface area contributed by atoms with Gasteiger partial charge >= 0.3 is 0 Å². The van der Waals surface area contributed by atoms with Gasteiger partial charge in [0.25, 0.3) is 10.0 Å². The van der Waals surface area contributed by atoms with Crippen molar-refractivity contribution >= 4 is 16.2 Å². The van der Waals surface area contributed by atoms with Gasteiger partial charge in [-0.15, -0.1) is 0 Å². The molecule has 7 heteroatoms. The number of nitrogens with zero attached hydrogens (tertiary/aromatic N) is 1. The van der Waals surface area contributed by atoms with E-state index in [0.29, 0.717) is 29.4 Å². The second-order valence-corrected chi connectivity index (χ2v) is 7.26. The number of ether oxygens (including phenoxy) is 3. The van der Waals surface area contributed by atoms with E-state index in [-0.39, 0.29) is 4.90 Å². The molecule has 0 aliphatic carbocycles. The van der Waals surface area contributed by atoms with E-state index in [1.165, 1.54) is 32.6 Å². The summed E-state index contributed by atoms with van der Waals surface area (Å²) in [5.74, 6) is 1.38. The zero-order valence-electron chi connectivity index (χ0n) is 15.4. The molecule has 0 aliphatic heterocycles. The molecule has 0 spiro atoms. The lowest BCUT2D eigenvalue weighted by Crippen LogP contribution is -2.02. The molecule has 26 heavy (non-hydrogen) atoms. The standard InChI is InChI=1S/C19H23NO5S/c1-5-10-25-19-17(23-3)11-15(12-18(19)24-4)13-20-26(21,22)16-8-6-14(2)7-9-16/h6-9,11-13H,5,10H2,1-4H3/b20-13-. The van der Waals surface area contributed by atoms with Gasteiger partial charge in [-0.3, -0.25) is 0 Å². The lowest BCUT2D eigenvalue weighted by Gasteiger charge is -2.14. The smallest absolute Gasteiger partial charge is 0.282 e. The molecular weight excluding hydrogens is 354 g/mol. The predicted molar refractivity (Wildman–Crippen MR) is 101 cm³/mol. The Labute approximate surface area is 154 Å². The van der Waals surface area contributed by atoms with Gasteiger partial charge in [0.2, 0.25) is 5.75 Å². The molecule has 0 fully saturated rings. The Hall–Kier alpha value is -2.54. The topological polar surface area (TPSA) is 74.2 Å². The molecule has 2 aromatic carbocycles. The van der Waals surface area contributed by atoms with Crippen LogP contribution in [0.4, 0.5) is 0 Å². The van der Waals surface area contributed by atoms with E-state index < -0.39 is 10.0 Å². The van der Waals surface area contributed by atoms with Crippen molar-refractivity contribution in [2.24, 2.45) is 4.40 Å². The van der Waals surface area contributed by atoms with Crippen LogP contribution < -0.4 is 14.2 Å². The number of hydrogen-bond acceptors (Lipinski definition) is 5. The fraction of sp³-hybridized carbons (Fsp3) is 0.316. The van der Waals surface area contributed by atoms with E-state index >= 15 is 0 Å². The number of hydrogen-bond donors (Lipinski definition) is 0. The van der Waals surface area contributed by atoms with Gasteiger partial charge in [0.1, 0.15) is 0 Å². The minimum Gasteiger partial charge on any atom is -0.493 e. The van der Waals surface area contributed by atoms with E-state index in [1.54, 1.807) is 24.3 Å². The first kappa shape index (κ1) is 19.8. The first-order chi connectivity index (χ1) is 12.4. The average molecular weight is 377 g/mol. The molecule has 0 bridgehead atoms. The minimum absolute atomic E-state index is 0.140. The molecular formula is C19H23NO5S. The van der Waals surface area contributed by atoms with Crippen LogP contribution in [-0.2, 0) is 10.0 Å². The van der Waals surface area contributed by atoms with Gasteiger partial charge < -0.3 is 14.2 Å². The summed E-state index contributed by atoms with van der Waals surface area (Å²) < 4.78 is 44.8. The zero-order valence-corrected chi connectivity index (χ0v) is 16.2. The third-order valence-corrected chi connectivity index (χ3v) is 4.84. The Morgan fingerprint density at radius 1 is 1.04 bits per heavy atom. The summed E-state index contributed by atoms with van der Waals surface area (Å²) in [5.41, 5.74) is 1.50. The Kier molecular flexibility index (Phi) is 6.63. The van der Waals surface area contributed by atoms with Crippen LogP contribution in [-0.4, -0.2) is 35.5 Å². The molecule has 0 N–H and O–H groups in total. The highest BCUT2D eigenvalue weighted by Gasteiger charge is 2.15. The van der Waals surface area contributed by atoms with Gasteiger partial charge in [0.15, 0.2) is 11.5 Å². The third-order valence-electron chi connectivity index (χ3n) is 3.59. The van der Waals surface area contributed by atoms with Gasteiger partial charge in [-0.25, -0.2) is 0 Å². The van der Waals surface area contributed by atoms with E-state index in [2.05, 4.69) is 4.40 Å². The van der Waals surface area contributed by atoms with Crippen molar-refractivity contribution in [2.45, 2.75) is 25.2 Å². The summed E-state index contributed by atoms with van der Waals surface area (Å²) in [7, 11) is -0.759. The highest BCUT2D eigenvalue weighted by molar-refractivity contribution is 7.90. The summed E-state index contributed by atoms with van der Waals surface area (Å²) in [6.45, 7) is 4.40. The van der Waals surface area contributed by atoms with Gasteiger partial charge in [-0.2, -0.15) is 12.8 Å². The monoisotopic (exact) mass is 377 g/mol. The van der Waals surface area contributed by atoms with Gasteiger partial charge in [0, 0.05) is 11.8 Å². The van der Waals surface area contributed by atoms with Crippen LogP contribution in [0.5, 0.6) is 17.2 Å². The minimum atomic E-state index is -3.78. The molecule has 2 aromatic rings. The maximum atomic E-state index is 12.3. The summed E-state index contributed by atoms with van der Waals surface area (Å²) in [5, 5.41) is 0. The highest BCUT2D eigenvalue weighted by Crippen LogP contribution is 2.38. The molecule has 0 amide bonds. The van der Waals surface area contributed by atoms with Crippen LogP contribution in [0.2, 0.25) is 0 Å². The summed E-state index contributed by atoms with van der Waals surface area (Å²) in [4.78, 5) is 0.140. The molecule has 0 unspecified atom stereocenters. The number of benzene rings is 2. The van der Waals surface area contributed by atoms with Crippen LogP contribution in [0.1, 0.15) is 24.5 Å². The Balaban J connectivity index is 2.36. The maximum Gasteiger partial charge on any atom is 0.282 e. The fourth-order valence-corrected chi connectivity index (χ4v) is 3.08. The second kappa shape index (κ2) is 8.71. The van der Waals surface area contributed by atoms with Crippen molar-refractivity contribution in [3.8, 4) is 17.2 Å². The van der Waals surface area contributed by atoms with Gasteiger partial charge in [0.05, 0.1) is 25.7 Å². The maximum absolute atomic E-state index is 12.3. The van der Waals surface area contributed by atoms with Crippen LogP contribution in [0.3, 0.4) is 0 Å². The molecule has 0 atom stereocenters. The SMILES string of the molecule is CCCOc1c(OC)cc(/C=N\S(=O)(=O)c2ccc(C)cc2)cc1OC. The summed E-state index contributed by atoms with van der Waals surface area (Å²) in [6, 6.07) is 9.84. The molecule has 0 radical (unpaired) electrons. The van der Waals surface area contributed by atoms with Crippen molar-refractivity contribution in [2.75, 3.05) is 20.8 Å². The van der Waals surface area contributed by atoms with Crippen LogP contribution >= 0.6 is 0 Å².